The molecule has 0 spiro atoms. The minimum absolute atomic E-state index is 0.00586. The number of nitriles is 3. The summed E-state index contributed by atoms with van der Waals surface area (Å²) in [4.78, 5) is 121. The number of piperazine rings is 3. The van der Waals surface area contributed by atoms with Crippen LogP contribution in [0, 0.1) is 60.6 Å². The van der Waals surface area contributed by atoms with Crippen LogP contribution in [0.25, 0.3) is 83.9 Å². The van der Waals surface area contributed by atoms with Crippen molar-refractivity contribution >= 4 is 247 Å². The second-order valence-electron chi connectivity index (χ2n) is 35.3. The second kappa shape index (κ2) is 42.6. The molecule has 0 unspecified atom stereocenters. The number of fused-ring (bicyclic) bond motifs is 3. The summed E-state index contributed by atoms with van der Waals surface area (Å²) in [7, 11) is 0. The Bertz CT molecular complexity index is 6850. The third kappa shape index (κ3) is 19.0. The molecule has 0 radical (unpaired) electrons. The molecule has 9 aromatic heterocycles. The summed E-state index contributed by atoms with van der Waals surface area (Å²) in [6.45, 7) is 41.3. The van der Waals surface area contributed by atoms with Gasteiger partial charge in [-0.1, -0.05) is 224 Å². The van der Waals surface area contributed by atoms with Crippen molar-refractivity contribution < 1.29 is 18.8 Å². The van der Waals surface area contributed by atoms with Crippen molar-refractivity contribution in [2.24, 2.45) is 0 Å². The molecule has 3 aromatic carbocycles. The molecular formula is C99H90Cl14FN21O6. The van der Waals surface area contributed by atoms with E-state index in [0.29, 0.717) is 93.4 Å². The molecule has 6 N–H and O–H groups in total. The molecule has 0 saturated carbocycles. The van der Waals surface area contributed by atoms with Gasteiger partial charge in [0.05, 0.1) is 161 Å². The lowest BCUT2D eigenvalue weighted by Crippen LogP contribution is -2.58. The fraction of sp³-hybridized carbons (Fsp3) is 0.303. The van der Waals surface area contributed by atoms with Crippen LogP contribution in [-0.4, -0.2) is 152 Å². The monoisotopic (exact) mass is 2180 g/mol. The Hall–Kier alpha value is -10.9. The maximum Gasteiger partial charge on any atom is 0.276 e. The largest absolute Gasteiger partial charge is 0.397 e. The molecule has 3 fully saturated rings. The van der Waals surface area contributed by atoms with Gasteiger partial charge in [-0.25, -0.2) is 19.3 Å². The zero-order valence-electron chi connectivity index (χ0n) is 78.4. The highest BCUT2D eigenvalue weighted by molar-refractivity contribution is 6.56. The topological polar surface area (TPSA) is 363 Å². The Labute approximate surface area is 881 Å². The number of aryl methyl sites for hydroxylation is 3. The Kier molecular flexibility index (Phi) is 32.4. The maximum atomic E-state index is 15.8. The lowest BCUT2D eigenvalue weighted by Gasteiger charge is -2.45. The summed E-state index contributed by atoms with van der Waals surface area (Å²) >= 11 is 91.1. The summed E-state index contributed by atoms with van der Waals surface area (Å²) in [6, 6.07) is 14.8. The first kappa shape index (κ1) is 107. The van der Waals surface area contributed by atoms with Gasteiger partial charge < -0.3 is 46.6 Å². The number of pyridine rings is 9. The molecule has 0 bridgehead atoms. The van der Waals surface area contributed by atoms with E-state index in [1.165, 1.54) is 38.0 Å². The van der Waals surface area contributed by atoms with Crippen LogP contribution in [0.2, 0.25) is 70.3 Å². The van der Waals surface area contributed by atoms with E-state index in [0.717, 1.165) is 11.1 Å². The van der Waals surface area contributed by atoms with Crippen LogP contribution >= 0.6 is 162 Å². The predicted octanol–water partition coefficient (Wildman–Crippen LogP) is 24.1. The van der Waals surface area contributed by atoms with Crippen molar-refractivity contribution in [1.82, 2.24) is 58.3 Å². The highest BCUT2D eigenvalue weighted by Gasteiger charge is 2.42. The van der Waals surface area contributed by atoms with Gasteiger partial charge in [-0.15, -0.1) is 0 Å². The highest BCUT2D eigenvalue weighted by atomic mass is 35.5. The number of hydrogen-bond donors (Lipinski definition) is 3. The third-order valence-electron chi connectivity index (χ3n) is 25.0. The van der Waals surface area contributed by atoms with E-state index >= 15 is 4.39 Å². The van der Waals surface area contributed by atoms with E-state index < -0.39 is 27.5 Å². The molecule has 12 heterocycles. The summed E-state index contributed by atoms with van der Waals surface area (Å²) in [6.07, 6.45) is 8.79. The predicted molar refractivity (Wildman–Crippen MR) is 570 cm³/mol. The Morgan fingerprint density at radius 1 is 0.383 bits per heavy atom. The molecule has 3 amide bonds. The van der Waals surface area contributed by atoms with Gasteiger partial charge in [-0.2, -0.15) is 15.8 Å². The Balaban J connectivity index is 0.000000178. The number of rotatable bonds is 15. The van der Waals surface area contributed by atoms with Gasteiger partial charge >= 0.3 is 0 Å². The SMILES string of the molecule is C=CC(=O)N1[C@H](C)CN(c2c(C#N)c(=O)n(-c3c(C)ccnc3C(C)C)c3nc(-c4c(N)c(Cl)c(Cl)c(Cl)c4Cl)c(Cl)cc23)C[C@@H]1C.C=CC(=O)N1[C@H](C)CN(c2c(C#N)c(=O)n(-c3c(C)ccnc3C(C)C)c3nc(-c4c(N)c(Cl)c(Cl)c(Cl)c4Cl)c(Cl)cc23)C[C@@H]1C.C=CC(=O)N1[C@H](C)CN(c2c(C#N)c(=O)n(-c3c(C)ccnc3C(C)C)c3nc(-c4c(N)c(Cl)c(Cl)c(Cl)c4F)c(Cl)cc23)C[C@@H]1C. The molecule has 0 aliphatic carbocycles. The molecule has 15 rings (SSSR count). The lowest BCUT2D eigenvalue weighted by atomic mass is 10.0. The van der Waals surface area contributed by atoms with Crippen LogP contribution in [0.1, 0.15) is 151 Å². The van der Waals surface area contributed by atoms with E-state index in [1.807, 2.05) is 119 Å². The van der Waals surface area contributed by atoms with Crippen LogP contribution < -0.4 is 48.6 Å². The second-order valence-corrected chi connectivity index (χ2v) is 40.7. The van der Waals surface area contributed by atoms with Gasteiger partial charge in [0.2, 0.25) is 17.7 Å². The van der Waals surface area contributed by atoms with Crippen molar-refractivity contribution in [2.45, 2.75) is 158 Å². The van der Waals surface area contributed by atoms with Crippen molar-refractivity contribution in [3.8, 4) is 69.0 Å². The maximum absolute atomic E-state index is 15.8. The first-order valence-corrected chi connectivity index (χ1v) is 49.2. The van der Waals surface area contributed by atoms with E-state index in [4.69, 9.17) is 195 Å². The fourth-order valence-electron chi connectivity index (χ4n) is 18.9. The van der Waals surface area contributed by atoms with Crippen LogP contribution in [0.3, 0.4) is 0 Å². The number of carbonyl (C=O) groups is 3. The zero-order chi connectivity index (χ0) is 104. The normalized spacial score (nSPS) is 16.6. The van der Waals surface area contributed by atoms with Gasteiger partial charge in [0.1, 0.15) is 51.8 Å². The summed E-state index contributed by atoms with van der Waals surface area (Å²) < 4.78 is 19.9. The quantitative estimate of drug-likeness (QED) is 0.0371. The molecule has 3 aliphatic heterocycles. The number of nitrogens with two attached hydrogens (primary N) is 3. The van der Waals surface area contributed by atoms with Gasteiger partial charge in [0, 0.05) is 121 Å². The molecule has 3 aliphatic rings. The molecule has 3 saturated heterocycles. The molecule has 12 aromatic rings. The third-order valence-corrected chi connectivity index (χ3v) is 30.8. The average Bonchev–Trinajstić information content (AvgIpc) is 0.725. The van der Waals surface area contributed by atoms with E-state index in [-0.39, 0.29) is 240 Å². The van der Waals surface area contributed by atoms with E-state index in [2.05, 4.69) is 52.9 Å². The summed E-state index contributed by atoms with van der Waals surface area (Å²) in [5.74, 6) is -1.97. The zero-order valence-corrected chi connectivity index (χ0v) is 89.0. The molecule has 732 valence electrons. The van der Waals surface area contributed by atoms with E-state index in [1.54, 1.807) is 63.6 Å². The summed E-state index contributed by atoms with van der Waals surface area (Å²) in [5.41, 5.74) is 23.3. The van der Waals surface area contributed by atoms with Crippen LogP contribution in [-0.2, 0) is 14.4 Å². The van der Waals surface area contributed by atoms with Gasteiger partial charge in [-0.05, 0) is 151 Å². The first-order chi connectivity index (χ1) is 66.5. The number of carbonyl (C=O) groups excluding carboxylic acids is 3. The number of nitrogen functional groups attached to an aromatic ring is 3. The first-order valence-electron chi connectivity index (χ1n) is 43.9. The fourth-order valence-corrected chi connectivity index (χ4v) is 22.1. The number of hydrogen-bond acceptors (Lipinski definition) is 21. The van der Waals surface area contributed by atoms with E-state index in [9.17, 15) is 44.6 Å². The standard InChI is InChI=1S/2C33H30Cl5N7O2.C33H30Cl4FN7O2/c2*1-7-21(46)44-16(5)12-43(13-17(44)6)31-18-10-20(34)29(22-23(35)24(36)25(37)26(38)27(22)40)42-32(18)45(33(47)19(31)11-39)30-15(4)8-9-41-28(30)14(2)3;1-7-21(46)44-16(5)12-43(13-17(44)6)31-18-10-20(34)29(22-26(38)24(36)23(35)25(37)27(22)40)42-32(18)45(33(47)19(31)11-39)30-15(4)8-9-41-28(30)14(2)3/h3*7-10,14,16-17H,1,12-13,40H2,2-6H3/t3*16-,17+. The number of halogens is 15. The number of anilines is 6. The molecular weight excluding hydrogens is 2090 g/mol. The van der Waals surface area contributed by atoms with Gasteiger partial charge in [-0.3, -0.25) is 57.4 Å². The average molecular weight is 2190 g/mol. The summed E-state index contributed by atoms with van der Waals surface area (Å²) in [5, 5.41) is 31.8. The molecule has 141 heavy (non-hydrogen) atoms. The minimum atomic E-state index is -0.999. The van der Waals surface area contributed by atoms with Crippen molar-refractivity contribution in [3.63, 3.8) is 0 Å². The number of aromatic nitrogens is 9. The Morgan fingerprint density at radius 2 is 0.610 bits per heavy atom. The number of benzene rings is 3. The van der Waals surface area contributed by atoms with Gasteiger partial charge in [0.15, 0.2) is 5.82 Å². The Morgan fingerprint density at radius 3 is 0.844 bits per heavy atom. The molecule has 6 atom stereocenters. The smallest absolute Gasteiger partial charge is 0.276 e. The number of amides is 3. The number of nitrogens with zero attached hydrogens (tertiary/aromatic N) is 18. The molecule has 27 nitrogen and oxygen atoms in total. The van der Waals surface area contributed by atoms with Crippen LogP contribution in [0.5, 0.6) is 0 Å². The van der Waals surface area contributed by atoms with Crippen molar-refractivity contribution in [1.29, 1.82) is 15.8 Å². The lowest BCUT2D eigenvalue weighted by molar-refractivity contribution is -0.131. The van der Waals surface area contributed by atoms with Crippen molar-refractivity contribution in [3.05, 3.63) is 251 Å². The van der Waals surface area contributed by atoms with Crippen molar-refractivity contribution in [2.75, 3.05) is 71.2 Å². The minimum Gasteiger partial charge on any atom is -0.397 e. The van der Waals surface area contributed by atoms with Crippen LogP contribution in [0.15, 0.2) is 107 Å². The van der Waals surface area contributed by atoms with Gasteiger partial charge in [0.25, 0.3) is 16.7 Å². The van der Waals surface area contributed by atoms with Crippen LogP contribution in [0.4, 0.5) is 38.5 Å². The highest BCUT2D eigenvalue weighted by Crippen LogP contribution is 2.54. The molecule has 42 heteroatoms.